The number of carbonyl (C=O) groups excluding carboxylic acids is 1. The molecule has 1 N–H and O–H groups in total. The average Bonchev–Trinajstić information content (AvgIpc) is 2.46. The standard InChI is InChI=1S/C16H14Cl3NO3/c1-9-5-11(18)6-12(19)16(9)23-8-15(21)20-13-7-10(17)3-4-14(13)22-2/h3-7H,8H2,1-2H3,(H,20,21). The van der Waals surface area contributed by atoms with Crippen LogP contribution in [0.2, 0.25) is 15.1 Å². The van der Waals surface area contributed by atoms with E-state index >= 15 is 0 Å². The number of carbonyl (C=O) groups is 1. The number of halogens is 3. The summed E-state index contributed by atoms with van der Waals surface area (Å²) in [6, 6.07) is 8.20. The summed E-state index contributed by atoms with van der Waals surface area (Å²) in [6.07, 6.45) is 0. The lowest BCUT2D eigenvalue weighted by Gasteiger charge is -2.13. The van der Waals surface area contributed by atoms with Gasteiger partial charge in [-0.05, 0) is 42.8 Å². The van der Waals surface area contributed by atoms with Crippen LogP contribution in [0.15, 0.2) is 30.3 Å². The van der Waals surface area contributed by atoms with E-state index in [1.165, 1.54) is 7.11 Å². The van der Waals surface area contributed by atoms with Crippen molar-refractivity contribution in [1.29, 1.82) is 0 Å². The molecule has 0 spiro atoms. The maximum atomic E-state index is 12.1. The van der Waals surface area contributed by atoms with Gasteiger partial charge in [0.1, 0.15) is 11.5 Å². The molecule has 0 unspecified atom stereocenters. The number of hydrogen-bond acceptors (Lipinski definition) is 3. The monoisotopic (exact) mass is 373 g/mol. The van der Waals surface area contributed by atoms with Gasteiger partial charge in [0, 0.05) is 10.0 Å². The van der Waals surface area contributed by atoms with Gasteiger partial charge in [-0.2, -0.15) is 0 Å². The molecule has 2 aromatic rings. The van der Waals surface area contributed by atoms with Gasteiger partial charge in [-0.3, -0.25) is 4.79 Å². The lowest BCUT2D eigenvalue weighted by atomic mass is 10.2. The average molecular weight is 375 g/mol. The molecule has 0 saturated carbocycles. The molecule has 4 nitrogen and oxygen atoms in total. The fourth-order valence-electron chi connectivity index (χ4n) is 1.97. The molecule has 0 aromatic heterocycles. The number of amides is 1. The number of anilines is 1. The molecule has 0 fully saturated rings. The zero-order valence-electron chi connectivity index (χ0n) is 12.5. The molecule has 23 heavy (non-hydrogen) atoms. The van der Waals surface area contributed by atoms with Crippen LogP contribution in [0.1, 0.15) is 5.56 Å². The van der Waals surface area contributed by atoms with Gasteiger partial charge in [0.05, 0.1) is 17.8 Å². The maximum absolute atomic E-state index is 12.1. The number of benzene rings is 2. The van der Waals surface area contributed by atoms with Crippen molar-refractivity contribution >= 4 is 46.4 Å². The summed E-state index contributed by atoms with van der Waals surface area (Å²) in [5.41, 5.74) is 1.21. The summed E-state index contributed by atoms with van der Waals surface area (Å²) >= 11 is 17.9. The molecule has 0 aliphatic carbocycles. The second-order valence-corrected chi connectivity index (χ2v) is 6.00. The Morgan fingerprint density at radius 3 is 2.52 bits per heavy atom. The Bertz CT molecular complexity index is 712. The molecule has 0 bridgehead atoms. The molecule has 0 aliphatic rings. The highest BCUT2D eigenvalue weighted by Crippen LogP contribution is 2.32. The summed E-state index contributed by atoms with van der Waals surface area (Å²) < 4.78 is 10.6. The van der Waals surface area contributed by atoms with Crippen LogP contribution in [0.5, 0.6) is 11.5 Å². The van der Waals surface area contributed by atoms with Crippen molar-refractivity contribution in [3.63, 3.8) is 0 Å². The van der Waals surface area contributed by atoms with Gasteiger partial charge < -0.3 is 14.8 Å². The molecule has 2 aromatic carbocycles. The minimum atomic E-state index is -0.365. The Morgan fingerprint density at radius 2 is 1.87 bits per heavy atom. The topological polar surface area (TPSA) is 47.6 Å². The van der Waals surface area contributed by atoms with Gasteiger partial charge in [0.2, 0.25) is 0 Å². The fraction of sp³-hybridized carbons (Fsp3) is 0.188. The Kier molecular flexibility index (Phi) is 5.99. The SMILES string of the molecule is COc1ccc(Cl)cc1NC(=O)COc1c(C)cc(Cl)cc1Cl. The van der Waals surface area contributed by atoms with Crippen LogP contribution in [-0.2, 0) is 4.79 Å². The van der Waals surface area contributed by atoms with Gasteiger partial charge in [-0.25, -0.2) is 0 Å². The van der Waals surface area contributed by atoms with Crippen LogP contribution in [0.4, 0.5) is 5.69 Å². The normalized spacial score (nSPS) is 10.3. The molecule has 0 heterocycles. The van der Waals surface area contributed by atoms with Crippen LogP contribution in [0, 0.1) is 6.92 Å². The minimum absolute atomic E-state index is 0.210. The van der Waals surface area contributed by atoms with E-state index < -0.39 is 0 Å². The maximum Gasteiger partial charge on any atom is 0.262 e. The van der Waals surface area contributed by atoms with Crippen molar-refractivity contribution in [2.24, 2.45) is 0 Å². The van der Waals surface area contributed by atoms with Crippen LogP contribution >= 0.6 is 34.8 Å². The zero-order chi connectivity index (χ0) is 17.0. The number of ether oxygens (including phenoxy) is 2. The quantitative estimate of drug-likeness (QED) is 0.803. The molecule has 0 aliphatic heterocycles. The molecule has 0 atom stereocenters. The lowest BCUT2D eigenvalue weighted by molar-refractivity contribution is -0.118. The lowest BCUT2D eigenvalue weighted by Crippen LogP contribution is -2.20. The molecule has 0 saturated heterocycles. The van der Waals surface area contributed by atoms with Gasteiger partial charge in [-0.15, -0.1) is 0 Å². The van der Waals surface area contributed by atoms with Gasteiger partial charge >= 0.3 is 0 Å². The Labute approximate surface area is 149 Å². The second-order valence-electron chi connectivity index (χ2n) is 4.72. The highest BCUT2D eigenvalue weighted by atomic mass is 35.5. The first-order chi connectivity index (χ1) is 10.9. The van der Waals surface area contributed by atoms with E-state index in [-0.39, 0.29) is 12.5 Å². The first-order valence-corrected chi connectivity index (χ1v) is 7.76. The van der Waals surface area contributed by atoms with E-state index in [1.807, 2.05) is 0 Å². The number of nitrogens with one attached hydrogen (secondary N) is 1. The molecular weight excluding hydrogens is 361 g/mol. The van der Waals surface area contributed by atoms with Gasteiger partial charge in [0.25, 0.3) is 5.91 Å². The van der Waals surface area contributed by atoms with Crippen LogP contribution in [-0.4, -0.2) is 19.6 Å². The van der Waals surface area contributed by atoms with E-state index in [0.29, 0.717) is 32.3 Å². The summed E-state index contributed by atoms with van der Waals surface area (Å²) in [7, 11) is 1.51. The fourth-order valence-corrected chi connectivity index (χ4v) is 2.80. The van der Waals surface area contributed by atoms with Gasteiger partial charge in [-0.1, -0.05) is 34.8 Å². The summed E-state index contributed by atoms with van der Waals surface area (Å²) in [5.74, 6) is 0.559. The largest absolute Gasteiger partial charge is 0.495 e. The first-order valence-electron chi connectivity index (χ1n) is 6.62. The smallest absolute Gasteiger partial charge is 0.262 e. The third-order valence-electron chi connectivity index (χ3n) is 2.98. The number of rotatable bonds is 5. The molecule has 2 rings (SSSR count). The van der Waals surface area contributed by atoms with Crippen LogP contribution < -0.4 is 14.8 Å². The van der Waals surface area contributed by atoms with E-state index in [2.05, 4.69) is 5.32 Å². The van der Waals surface area contributed by atoms with Crippen molar-refractivity contribution in [3.8, 4) is 11.5 Å². The third-order valence-corrected chi connectivity index (χ3v) is 3.71. The minimum Gasteiger partial charge on any atom is -0.495 e. The second kappa shape index (κ2) is 7.77. The highest BCUT2D eigenvalue weighted by Gasteiger charge is 2.12. The Balaban J connectivity index is 2.05. The predicted octanol–water partition coefficient (Wildman–Crippen LogP) is 4.98. The van der Waals surface area contributed by atoms with Gasteiger partial charge in [0.15, 0.2) is 6.61 Å². The molecule has 0 radical (unpaired) electrons. The van der Waals surface area contributed by atoms with E-state index in [4.69, 9.17) is 44.3 Å². The summed E-state index contributed by atoms with van der Waals surface area (Å²) in [4.78, 5) is 12.1. The summed E-state index contributed by atoms with van der Waals surface area (Å²) in [6.45, 7) is 1.59. The molecule has 7 heteroatoms. The van der Waals surface area contributed by atoms with E-state index in [9.17, 15) is 4.79 Å². The molecular formula is C16H14Cl3NO3. The highest BCUT2D eigenvalue weighted by molar-refractivity contribution is 6.35. The number of methoxy groups -OCH3 is 1. The predicted molar refractivity (Wildman–Crippen MR) is 93.3 cm³/mol. The molecule has 1 amide bonds. The van der Waals surface area contributed by atoms with Crippen LogP contribution in [0.3, 0.4) is 0 Å². The Hall–Kier alpha value is -1.62. The Morgan fingerprint density at radius 1 is 1.13 bits per heavy atom. The molecule has 122 valence electrons. The van der Waals surface area contributed by atoms with E-state index in [1.54, 1.807) is 37.3 Å². The van der Waals surface area contributed by atoms with Crippen molar-refractivity contribution < 1.29 is 14.3 Å². The van der Waals surface area contributed by atoms with Crippen LogP contribution in [0.25, 0.3) is 0 Å². The number of aryl methyl sites for hydroxylation is 1. The summed E-state index contributed by atoms with van der Waals surface area (Å²) in [5, 5.41) is 4.02. The van der Waals surface area contributed by atoms with Crippen molar-refractivity contribution in [2.45, 2.75) is 6.92 Å². The van der Waals surface area contributed by atoms with E-state index in [0.717, 1.165) is 5.56 Å². The van der Waals surface area contributed by atoms with Crippen molar-refractivity contribution in [1.82, 2.24) is 0 Å². The number of hydrogen-bond donors (Lipinski definition) is 1. The van der Waals surface area contributed by atoms with Crippen molar-refractivity contribution in [3.05, 3.63) is 51.0 Å². The first kappa shape index (κ1) is 17.7. The zero-order valence-corrected chi connectivity index (χ0v) is 14.7. The third kappa shape index (κ3) is 4.67. The van der Waals surface area contributed by atoms with Crippen molar-refractivity contribution in [2.75, 3.05) is 19.0 Å².